The normalized spacial score (nSPS) is 21.0. The van der Waals surface area contributed by atoms with Crippen molar-refractivity contribution in [3.63, 3.8) is 0 Å². The van der Waals surface area contributed by atoms with Crippen LogP contribution in [-0.2, 0) is 11.2 Å². The molecule has 1 aliphatic carbocycles. The summed E-state index contributed by atoms with van der Waals surface area (Å²) in [5.41, 5.74) is 1.93. The van der Waals surface area contributed by atoms with Gasteiger partial charge < -0.3 is 0 Å². The van der Waals surface area contributed by atoms with Crippen LogP contribution >= 0.6 is 22.7 Å². The summed E-state index contributed by atoms with van der Waals surface area (Å²) in [4.78, 5) is 22.5. The van der Waals surface area contributed by atoms with Gasteiger partial charge in [-0.25, -0.2) is 9.97 Å². The zero-order chi connectivity index (χ0) is 15.7. The minimum Gasteiger partial charge on any atom is -0.299 e. The molecule has 0 radical (unpaired) electrons. The lowest BCUT2D eigenvalue weighted by atomic mass is 9.99. The predicted molar refractivity (Wildman–Crippen MR) is 87.9 cm³/mol. The second kappa shape index (κ2) is 6.27. The summed E-state index contributed by atoms with van der Waals surface area (Å²) in [6, 6.07) is 2.28. The molecule has 2 heterocycles. The summed E-state index contributed by atoms with van der Waals surface area (Å²) < 4.78 is 0. The molecular formula is C16H17N3OS2. The molecule has 0 saturated heterocycles. The van der Waals surface area contributed by atoms with E-state index in [1.165, 1.54) is 11.3 Å². The van der Waals surface area contributed by atoms with Crippen molar-refractivity contribution in [1.82, 2.24) is 9.97 Å². The molecule has 22 heavy (non-hydrogen) atoms. The van der Waals surface area contributed by atoms with Crippen LogP contribution in [0.5, 0.6) is 0 Å². The molecule has 0 spiro atoms. The summed E-state index contributed by atoms with van der Waals surface area (Å²) >= 11 is 3.18. The van der Waals surface area contributed by atoms with Gasteiger partial charge >= 0.3 is 0 Å². The van der Waals surface area contributed by atoms with Crippen molar-refractivity contribution in [2.24, 2.45) is 11.8 Å². The molecule has 0 aromatic carbocycles. The Labute approximate surface area is 137 Å². The van der Waals surface area contributed by atoms with Gasteiger partial charge in [0.2, 0.25) is 0 Å². The van der Waals surface area contributed by atoms with Crippen LogP contribution in [-0.4, -0.2) is 15.8 Å². The highest BCUT2D eigenvalue weighted by Gasteiger charge is 2.30. The molecule has 2 aromatic rings. The first-order valence-corrected chi connectivity index (χ1v) is 9.07. The van der Waals surface area contributed by atoms with Crippen LogP contribution in [0, 0.1) is 37.0 Å². The number of aromatic nitrogens is 2. The lowest BCUT2D eigenvalue weighted by molar-refractivity contribution is -0.122. The van der Waals surface area contributed by atoms with E-state index in [4.69, 9.17) is 5.26 Å². The summed E-state index contributed by atoms with van der Waals surface area (Å²) in [6.07, 6.45) is 2.82. The lowest BCUT2D eigenvalue weighted by Gasteiger charge is -2.05. The Balaban J connectivity index is 1.69. The Morgan fingerprint density at radius 1 is 1.41 bits per heavy atom. The fourth-order valence-corrected chi connectivity index (χ4v) is 4.70. The van der Waals surface area contributed by atoms with E-state index in [9.17, 15) is 4.79 Å². The van der Waals surface area contributed by atoms with Gasteiger partial charge in [-0.2, -0.15) is 5.26 Å². The van der Waals surface area contributed by atoms with Crippen molar-refractivity contribution < 1.29 is 4.79 Å². The van der Waals surface area contributed by atoms with Gasteiger partial charge in [0, 0.05) is 17.2 Å². The number of nitriles is 1. The molecule has 6 heteroatoms. The second-order valence-electron chi connectivity index (χ2n) is 5.75. The number of carbonyl (C=O) groups excluding carboxylic acids is 1. The van der Waals surface area contributed by atoms with Crippen LogP contribution in [0.3, 0.4) is 0 Å². The van der Waals surface area contributed by atoms with E-state index in [0.717, 1.165) is 45.5 Å². The number of ketones is 1. The van der Waals surface area contributed by atoms with Gasteiger partial charge in [-0.3, -0.25) is 4.79 Å². The first-order chi connectivity index (χ1) is 10.6. The van der Waals surface area contributed by atoms with Crippen molar-refractivity contribution in [3.8, 4) is 16.6 Å². The van der Waals surface area contributed by atoms with Gasteiger partial charge in [-0.1, -0.05) is 0 Å². The maximum atomic E-state index is 12.3. The van der Waals surface area contributed by atoms with Gasteiger partial charge in [0.1, 0.15) is 10.8 Å². The predicted octanol–water partition coefficient (Wildman–Crippen LogP) is 3.93. The highest BCUT2D eigenvalue weighted by molar-refractivity contribution is 7.16. The van der Waals surface area contributed by atoms with E-state index in [2.05, 4.69) is 16.0 Å². The van der Waals surface area contributed by atoms with Crippen molar-refractivity contribution in [3.05, 3.63) is 21.1 Å². The summed E-state index contributed by atoms with van der Waals surface area (Å²) in [7, 11) is 0. The van der Waals surface area contributed by atoms with E-state index < -0.39 is 0 Å². The van der Waals surface area contributed by atoms with E-state index in [1.807, 2.05) is 19.2 Å². The number of rotatable bonds is 4. The van der Waals surface area contributed by atoms with E-state index >= 15 is 0 Å². The first-order valence-electron chi connectivity index (χ1n) is 7.38. The van der Waals surface area contributed by atoms with Crippen molar-refractivity contribution >= 4 is 28.5 Å². The Hall–Kier alpha value is -1.58. The topological polar surface area (TPSA) is 66.6 Å². The molecule has 0 unspecified atom stereocenters. The van der Waals surface area contributed by atoms with Gasteiger partial charge in [-0.15, -0.1) is 22.7 Å². The molecule has 0 N–H and O–H groups in total. The van der Waals surface area contributed by atoms with Gasteiger partial charge in [0.05, 0.1) is 33.8 Å². The third-order valence-electron chi connectivity index (χ3n) is 4.08. The van der Waals surface area contributed by atoms with Crippen LogP contribution in [0.25, 0.3) is 10.6 Å². The quantitative estimate of drug-likeness (QED) is 0.851. The van der Waals surface area contributed by atoms with Gasteiger partial charge in [0.25, 0.3) is 0 Å². The molecule has 0 amide bonds. The van der Waals surface area contributed by atoms with Crippen LogP contribution in [0.2, 0.25) is 0 Å². The number of thiazole rings is 2. The minimum absolute atomic E-state index is 0.0457. The van der Waals surface area contributed by atoms with E-state index in [-0.39, 0.29) is 17.6 Å². The van der Waals surface area contributed by atoms with Crippen molar-refractivity contribution in [2.45, 2.75) is 39.5 Å². The molecule has 0 aliphatic heterocycles. The zero-order valence-electron chi connectivity index (χ0n) is 12.6. The van der Waals surface area contributed by atoms with Gasteiger partial charge in [-0.05, 0) is 33.1 Å². The average molecular weight is 331 g/mol. The first kappa shape index (κ1) is 15.3. The van der Waals surface area contributed by atoms with Crippen LogP contribution in [0.4, 0.5) is 0 Å². The smallest absolute Gasteiger partial charge is 0.142 e. The molecule has 2 aromatic heterocycles. The van der Waals surface area contributed by atoms with Gasteiger partial charge in [0.15, 0.2) is 0 Å². The number of hydrogen-bond acceptors (Lipinski definition) is 6. The Morgan fingerprint density at radius 3 is 2.86 bits per heavy atom. The fourth-order valence-electron chi connectivity index (χ4n) is 2.95. The SMILES string of the molecule is Cc1nc(C)c(-c2csc(CC(=O)[C@H]3CC[C@H](C#N)C3)n2)s1. The maximum Gasteiger partial charge on any atom is 0.142 e. The number of aryl methyl sites for hydroxylation is 2. The third kappa shape index (κ3) is 3.11. The summed E-state index contributed by atoms with van der Waals surface area (Å²) in [5, 5.41) is 12.8. The van der Waals surface area contributed by atoms with E-state index in [0.29, 0.717) is 6.42 Å². The molecule has 1 saturated carbocycles. The van der Waals surface area contributed by atoms with Crippen LogP contribution < -0.4 is 0 Å². The number of nitrogens with zero attached hydrogens (tertiary/aromatic N) is 3. The Morgan fingerprint density at radius 2 is 2.23 bits per heavy atom. The molecule has 1 aliphatic rings. The van der Waals surface area contributed by atoms with Crippen LogP contribution in [0.1, 0.15) is 35.0 Å². The molecule has 1 fully saturated rings. The molecule has 3 rings (SSSR count). The number of hydrogen-bond donors (Lipinski definition) is 0. The number of Topliss-reactive ketones (excluding diaryl/α,β-unsaturated/α-hetero) is 1. The summed E-state index contributed by atoms with van der Waals surface area (Å²) in [6.45, 7) is 3.98. The standard InChI is InChI=1S/C16H17N3OS2/c1-9-16(22-10(2)18-9)13-8-21-15(19-13)6-14(20)12-4-3-11(5-12)7-17/h8,11-12H,3-6H2,1-2H3/t11-,12-/m0/s1. The average Bonchev–Trinajstić information content (AvgIpc) is 3.18. The Kier molecular flexibility index (Phi) is 4.37. The molecule has 2 atom stereocenters. The van der Waals surface area contributed by atoms with Crippen LogP contribution in [0.15, 0.2) is 5.38 Å². The summed E-state index contributed by atoms with van der Waals surface area (Å²) in [5.74, 6) is 0.337. The van der Waals surface area contributed by atoms with Crippen molar-refractivity contribution in [2.75, 3.05) is 0 Å². The van der Waals surface area contributed by atoms with E-state index in [1.54, 1.807) is 11.3 Å². The number of carbonyl (C=O) groups is 1. The molecular weight excluding hydrogens is 314 g/mol. The zero-order valence-corrected chi connectivity index (χ0v) is 14.3. The maximum absolute atomic E-state index is 12.3. The highest BCUT2D eigenvalue weighted by atomic mass is 32.1. The largest absolute Gasteiger partial charge is 0.299 e. The monoisotopic (exact) mass is 331 g/mol. The molecule has 114 valence electrons. The fraction of sp³-hybridized carbons (Fsp3) is 0.500. The minimum atomic E-state index is 0.0457. The second-order valence-corrected chi connectivity index (χ2v) is 7.90. The molecule has 0 bridgehead atoms. The van der Waals surface area contributed by atoms with Crippen molar-refractivity contribution in [1.29, 1.82) is 5.26 Å². The highest BCUT2D eigenvalue weighted by Crippen LogP contribution is 2.33. The lowest BCUT2D eigenvalue weighted by Crippen LogP contribution is -2.14. The molecule has 4 nitrogen and oxygen atoms in total. The third-order valence-corrected chi connectivity index (χ3v) is 6.03. The Bertz CT molecular complexity index is 741.